The summed E-state index contributed by atoms with van der Waals surface area (Å²) in [6.45, 7) is 1.43. The SMILES string of the molecule is CC(OC(=O)c1ccc(Cl)cc1[N+](=O)[O-])C(=O)NC1CCCC1. The fourth-order valence-corrected chi connectivity index (χ4v) is 2.66. The molecule has 0 aromatic heterocycles. The smallest absolute Gasteiger partial charge is 0.345 e. The van der Waals surface area contributed by atoms with Crippen LogP contribution in [0.25, 0.3) is 0 Å². The van der Waals surface area contributed by atoms with Crippen LogP contribution in [0.15, 0.2) is 18.2 Å². The Bertz CT molecular complexity index is 628. The third-order valence-electron chi connectivity index (χ3n) is 3.73. The number of nitro benzene ring substituents is 1. The lowest BCUT2D eigenvalue weighted by Crippen LogP contribution is -2.40. The summed E-state index contributed by atoms with van der Waals surface area (Å²) in [4.78, 5) is 34.4. The average molecular weight is 341 g/mol. The van der Waals surface area contributed by atoms with Crippen molar-refractivity contribution in [3.05, 3.63) is 38.9 Å². The van der Waals surface area contributed by atoms with E-state index in [0.717, 1.165) is 31.7 Å². The lowest BCUT2D eigenvalue weighted by atomic mass is 10.2. The summed E-state index contributed by atoms with van der Waals surface area (Å²) in [5.41, 5.74) is -0.689. The summed E-state index contributed by atoms with van der Waals surface area (Å²) in [6, 6.07) is 3.74. The van der Waals surface area contributed by atoms with E-state index in [0.29, 0.717) is 0 Å². The molecule has 0 saturated heterocycles. The van der Waals surface area contributed by atoms with Gasteiger partial charge in [0.1, 0.15) is 5.56 Å². The van der Waals surface area contributed by atoms with Crippen LogP contribution in [0.4, 0.5) is 5.69 Å². The number of hydrogen-bond acceptors (Lipinski definition) is 5. The van der Waals surface area contributed by atoms with E-state index in [1.54, 1.807) is 0 Å². The minimum absolute atomic E-state index is 0.105. The van der Waals surface area contributed by atoms with Gasteiger partial charge in [0.25, 0.3) is 11.6 Å². The van der Waals surface area contributed by atoms with Crippen LogP contribution >= 0.6 is 11.6 Å². The van der Waals surface area contributed by atoms with Gasteiger partial charge in [-0.1, -0.05) is 24.4 Å². The van der Waals surface area contributed by atoms with E-state index in [-0.39, 0.29) is 16.6 Å². The largest absolute Gasteiger partial charge is 0.449 e. The van der Waals surface area contributed by atoms with E-state index in [1.165, 1.54) is 19.1 Å². The summed E-state index contributed by atoms with van der Waals surface area (Å²) in [6.07, 6.45) is 2.93. The lowest BCUT2D eigenvalue weighted by molar-refractivity contribution is -0.385. The molecule has 0 bridgehead atoms. The number of carbonyl (C=O) groups is 2. The standard InChI is InChI=1S/C15H17ClN2O5/c1-9(14(19)17-11-4-2-3-5-11)23-15(20)12-7-6-10(16)8-13(12)18(21)22/h6-9,11H,2-5H2,1H3,(H,17,19). The number of nitrogens with zero attached hydrogens (tertiary/aromatic N) is 1. The second-order valence-corrected chi connectivity index (χ2v) is 5.89. The van der Waals surface area contributed by atoms with Crippen LogP contribution in [0.1, 0.15) is 43.0 Å². The Kier molecular flexibility index (Phi) is 5.54. The highest BCUT2D eigenvalue weighted by Crippen LogP contribution is 2.24. The highest BCUT2D eigenvalue weighted by atomic mass is 35.5. The van der Waals surface area contributed by atoms with Crippen molar-refractivity contribution in [1.82, 2.24) is 5.32 Å². The summed E-state index contributed by atoms with van der Waals surface area (Å²) >= 11 is 5.70. The highest BCUT2D eigenvalue weighted by molar-refractivity contribution is 6.31. The molecule has 2 rings (SSSR count). The maximum absolute atomic E-state index is 12.1. The summed E-state index contributed by atoms with van der Waals surface area (Å²) < 4.78 is 5.04. The summed E-state index contributed by atoms with van der Waals surface area (Å²) in [5.74, 6) is -1.33. The van der Waals surface area contributed by atoms with E-state index in [2.05, 4.69) is 5.32 Å². The van der Waals surface area contributed by atoms with Gasteiger partial charge in [-0.05, 0) is 31.9 Å². The number of benzene rings is 1. The fourth-order valence-electron chi connectivity index (χ4n) is 2.49. The van der Waals surface area contributed by atoms with Crippen molar-refractivity contribution < 1.29 is 19.2 Å². The second kappa shape index (κ2) is 7.41. The Morgan fingerprint density at radius 1 is 1.39 bits per heavy atom. The van der Waals surface area contributed by atoms with E-state index in [9.17, 15) is 19.7 Å². The molecule has 1 fully saturated rings. The first-order chi connectivity index (χ1) is 10.9. The second-order valence-electron chi connectivity index (χ2n) is 5.46. The molecule has 0 radical (unpaired) electrons. The highest BCUT2D eigenvalue weighted by Gasteiger charge is 2.27. The van der Waals surface area contributed by atoms with Crippen molar-refractivity contribution in [2.75, 3.05) is 0 Å². The monoisotopic (exact) mass is 340 g/mol. The summed E-state index contributed by atoms with van der Waals surface area (Å²) in [5, 5.41) is 13.9. The Morgan fingerprint density at radius 3 is 2.65 bits per heavy atom. The van der Waals surface area contributed by atoms with Gasteiger partial charge in [-0.3, -0.25) is 14.9 Å². The predicted octanol–water partition coefficient (Wildman–Crippen LogP) is 2.85. The number of nitrogens with one attached hydrogen (secondary N) is 1. The van der Waals surface area contributed by atoms with Gasteiger partial charge in [-0.25, -0.2) is 4.79 Å². The van der Waals surface area contributed by atoms with E-state index < -0.39 is 28.6 Å². The van der Waals surface area contributed by atoms with Gasteiger partial charge in [0.15, 0.2) is 6.10 Å². The van der Waals surface area contributed by atoms with Crippen LogP contribution in [-0.4, -0.2) is 28.9 Å². The molecule has 0 aliphatic heterocycles. The number of hydrogen-bond donors (Lipinski definition) is 1. The topological polar surface area (TPSA) is 98.5 Å². The summed E-state index contributed by atoms with van der Waals surface area (Å²) in [7, 11) is 0. The zero-order chi connectivity index (χ0) is 17.0. The minimum Gasteiger partial charge on any atom is -0.449 e. The van der Waals surface area contributed by atoms with Crippen LogP contribution in [0, 0.1) is 10.1 Å². The first-order valence-corrected chi connectivity index (χ1v) is 7.71. The normalized spacial score (nSPS) is 15.9. The molecule has 1 aliphatic carbocycles. The van der Waals surface area contributed by atoms with Gasteiger partial charge < -0.3 is 10.1 Å². The van der Waals surface area contributed by atoms with Crippen molar-refractivity contribution >= 4 is 29.2 Å². The molecule has 1 aromatic carbocycles. The molecule has 1 N–H and O–H groups in total. The van der Waals surface area contributed by atoms with Crippen molar-refractivity contribution in [2.24, 2.45) is 0 Å². The zero-order valence-electron chi connectivity index (χ0n) is 12.6. The third-order valence-corrected chi connectivity index (χ3v) is 3.97. The zero-order valence-corrected chi connectivity index (χ0v) is 13.3. The minimum atomic E-state index is -1.03. The molecule has 23 heavy (non-hydrogen) atoms. The van der Waals surface area contributed by atoms with Crippen LogP contribution in [0.3, 0.4) is 0 Å². The molecule has 1 saturated carbocycles. The molecular formula is C15H17ClN2O5. The number of halogens is 1. The molecule has 124 valence electrons. The van der Waals surface area contributed by atoms with Gasteiger partial charge in [-0.2, -0.15) is 0 Å². The number of carbonyl (C=O) groups excluding carboxylic acids is 2. The lowest BCUT2D eigenvalue weighted by Gasteiger charge is -2.17. The van der Waals surface area contributed by atoms with Crippen LogP contribution in [-0.2, 0) is 9.53 Å². The number of amides is 1. The first kappa shape index (κ1) is 17.2. The van der Waals surface area contributed by atoms with E-state index in [4.69, 9.17) is 16.3 Å². The van der Waals surface area contributed by atoms with Crippen molar-refractivity contribution in [3.8, 4) is 0 Å². The fraction of sp³-hybridized carbons (Fsp3) is 0.467. The molecule has 1 amide bonds. The first-order valence-electron chi connectivity index (χ1n) is 7.34. The molecule has 0 spiro atoms. The Balaban J connectivity index is 2.03. The Morgan fingerprint density at radius 2 is 2.04 bits per heavy atom. The van der Waals surface area contributed by atoms with Gasteiger partial charge in [-0.15, -0.1) is 0 Å². The molecule has 7 nitrogen and oxygen atoms in total. The van der Waals surface area contributed by atoms with Gasteiger partial charge in [0.05, 0.1) is 4.92 Å². The third kappa shape index (κ3) is 4.41. The van der Waals surface area contributed by atoms with Crippen molar-refractivity contribution in [3.63, 3.8) is 0 Å². The van der Waals surface area contributed by atoms with Gasteiger partial charge >= 0.3 is 5.97 Å². The van der Waals surface area contributed by atoms with Gasteiger partial charge in [0.2, 0.25) is 0 Å². The van der Waals surface area contributed by atoms with Crippen LogP contribution in [0.5, 0.6) is 0 Å². The number of nitro groups is 1. The average Bonchev–Trinajstić information content (AvgIpc) is 2.99. The number of ether oxygens (including phenoxy) is 1. The number of esters is 1. The Labute approximate surface area is 138 Å². The van der Waals surface area contributed by atoms with Crippen LogP contribution < -0.4 is 5.32 Å². The predicted molar refractivity (Wildman–Crippen MR) is 83.4 cm³/mol. The van der Waals surface area contributed by atoms with Crippen molar-refractivity contribution in [1.29, 1.82) is 0 Å². The van der Waals surface area contributed by atoms with E-state index >= 15 is 0 Å². The molecule has 1 aliphatic rings. The van der Waals surface area contributed by atoms with Gasteiger partial charge in [0, 0.05) is 17.1 Å². The molecule has 1 atom stereocenters. The molecular weight excluding hydrogens is 324 g/mol. The number of rotatable bonds is 5. The molecule has 1 aromatic rings. The molecule has 1 unspecified atom stereocenters. The van der Waals surface area contributed by atoms with E-state index in [1.807, 2.05) is 0 Å². The molecule has 8 heteroatoms. The van der Waals surface area contributed by atoms with Crippen LogP contribution in [0.2, 0.25) is 5.02 Å². The molecule has 0 heterocycles. The maximum Gasteiger partial charge on any atom is 0.345 e. The Hall–Kier alpha value is -2.15. The van der Waals surface area contributed by atoms with Crippen molar-refractivity contribution in [2.45, 2.75) is 44.8 Å². The quantitative estimate of drug-likeness (QED) is 0.505. The maximum atomic E-state index is 12.1.